The molecule has 1 aromatic heterocycles. The number of aromatic nitrogens is 1. The lowest BCUT2D eigenvalue weighted by Gasteiger charge is -2.22. The molecule has 0 amide bonds. The van der Waals surface area contributed by atoms with Crippen LogP contribution in [0.2, 0.25) is 0 Å². The molecule has 4 heteroatoms. The van der Waals surface area contributed by atoms with E-state index in [2.05, 4.69) is 110 Å². The predicted molar refractivity (Wildman–Crippen MR) is 251 cm³/mol. The van der Waals surface area contributed by atoms with E-state index < -0.39 is 0 Å². The molecule has 0 saturated heterocycles. The van der Waals surface area contributed by atoms with Crippen molar-refractivity contribution in [1.29, 1.82) is 0 Å². The van der Waals surface area contributed by atoms with E-state index in [0.717, 1.165) is 56.3 Å². The van der Waals surface area contributed by atoms with Gasteiger partial charge in [0.05, 0.1) is 11.2 Å². The largest absolute Gasteiger partial charge is 0.449 e. The van der Waals surface area contributed by atoms with E-state index in [9.17, 15) is 0 Å². The van der Waals surface area contributed by atoms with Gasteiger partial charge >= 0.3 is 0 Å². The number of hydrogen-bond acceptors (Lipinski definition) is 3. The fourth-order valence-corrected chi connectivity index (χ4v) is 6.66. The molecule has 0 N–H and O–H groups in total. The van der Waals surface area contributed by atoms with Gasteiger partial charge in [0.1, 0.15) is 5.52 Å². The van der Waals surface area contributed by atoms with E-state index in [1.54, 1.807) is 6.08 Å². The Labute approximate surface area is 342 Å². The molecule has 5 aromatic carbocycles. The Hall–Kier alpha value is -7.43. The summed E-state index contributed by atoms with van der Waals surface area (Å²) in [6.07, 6.45) is 30.4. The average molecular weight is 757 g/mol. The molecular weight excluding hydrogens is 709 g/mol. The molecule has 4 nitrogen and oxygen atoms in total. The molecule has 0 atom stereocenters. The van der Waals surface area contributed by atoms with Crippen LogP contribution in [0.4, 0.5) is 0 Å². The monoisotopic (exact) mass is 756 g/mol. The molecule has 0 saturated carbocycles. The summed E-state index contributed by atoms with van der Waals surface area (Å²) in [6, 6.07) is 34.9. The Kier molecular flexibility index (Phi) is 13.8. The van der Waals surface area contributed by atoms with Crippen molar-refractivity contribution in [3.05, 3.63) is 230 Å². The number of allylic oxidation sites excluding steroid dienone is 14. The van der Waals surface area contributed by atoms with Crippen molar-refractivity contribution < 1.29 is 9.47 Å². The molecule has 2 heterocycles. The van der Waals surface area contributed by atoms with Crippen LogP contribution < -0.4 is 9.47 Å². The summed E-state index contributed by atoms with van der Waals surface area (Å²) in [4.78, 5) is 4.01. The van der Waals surface area contributed by atoms with Crippen molar-refractivity contribution in [3.63, 3.8) is 0 Å². The molecule has 0 aliphatic carbocycles. The number of hydrogen-bond donors (Lipinski definition) is 0. The molecule has 0 bridgehead atoms. The molecular formula is C54H48N2O2. The predicted octanol–water partition coefficient (Wildman–Crippen LogP) is 15.1. The third kappa shape index (κ3) is 9.50. The first-order chi connectivity index (χ1) is 28.5. The van der Waals surface area contributed by atoms with Gasteiger partial charge in [0.25, 0.3) is 0 Å². The zero-order valence-corrected chi connectivity index (χ0v) is 33.2. The first-order valence-electron chi connectivity index (χ1n) is 19.2. The molecule has 1 aliphatic heterocycles. The normalized spacial score (nSPS) is 12.8. The van der Waals surface area contributed by atoms with Crippen LogP contribution in [-0.4, -0.2) is 11.3 Å². The van der Waals surface area contributed by atoms with Crippen molar-refractivity contribution in [2.24, 2.45) is 4.99 Å². The number of para-hydroxylation sites is 2. The average Bonchev–Trinajstić information content (AvgIpc) is 3.59. The second kappa shape index (κ2) is 19.9. The Morgan fingerprint density at radius 3 is 2.12 bits per heavy atom. The highest BCUT2D eigenvalue weighted by Crippen LogP contribution is 2.51. The van der Waals surface area contributed by atoms with Crippen LogP contribution in [0.25, 0.3) is 45.4 Å². The highest BCUT2D eigenvalue weighted by molar-refractivity contribution is 6.16. The molecule has 0 spiro atoms. The van der Waals surface area contributed by atoms with Crippen LogP contribution in [0.3, 0.4) is 0 Å². The number of fused-ring (bicyclic) bond motifs is 6. The van der Waals surface area contributed by atoms with Crippen molar-refractivity contribution >= 4 is 52.1 Å². The van der Waals surface area contributed by atoms with Gasteiger partial charge in [-0.25, -0.2) is 0 Å². The molecule has 0 unspecified atom stereocenters. The number of rotatable bonds is 13. The lowest BCUT2D eigenvalue weighted by atomic mass is 10.0. The minimum Gasteiger partial charge on any atom is -0.449 e. The van der Waals surface area contributed by atoms with Gasteiger partial charge in [-0.1, -0.05) is 165 Å². The molecule has 58 heavy (non-hydrogen) atoms. The Balaban J connectivity index is 0.000000265. The maximum atomic E-state index is 6.57. The molecule has 7 rings (SSSR count). The standard InChI is InChI=1S/C37H31NO2.C17H17N/c1-5-11-28-23-26(7-3)24-31-35(28)30-21-22-34-37(40-33-16-9-8-15-32(33)39-34)36(30)38(31)29(12-6-2)14-10-13-27-19-17-25(4)18-20-27;1-3-4-5-6-7-8-12-15-17(18-2)16-13-10-9-11-14-16/h5-12,14-24H,2-3,13H2,1,4H3;3-15H,1-2H2/b11-5-,14-10-,29-12+;5-4+,7-6-,12-8-,17-15-. The van der Waals surface area contributed by atoms with Crippen LogP contribution in [-0.2, 0) is 6.42 Å². The van der Waals surface area contributed by atoms with Gasteiger partial charge in [0.15, 0.2) is 23.0 Å². The van der Waals surface area contributed by atoms with Gasteiger partial charge < -0.3 is 14.0 Å². The summed E-state index contributed by atoms with van der Waals surface area (Å²) in [7, 11) is 0. The maximum Gasteiger partial charge on any atom is 0.194 e. The quantitative estimate of drug-likeness (QED) is 0.0868. The van der Waals surface area contributed by atoms with Crippen LogP contribution >= 0.6 is 0 Å². The van der Waals surface area contributed by atoms with Gasteiger partial charge in [0, 0.05) is 22.0 Å². The third-order valence-electron chi connectivity index (χ3n) is 9.36. The Morgan fingerprint density at radius 2 is 1.43 bits per heavy atom. The van der Waals surface area contributed by atoms with E-state index >= 15 is 0 Å². The van der Waals surface area contributed by atoms with Gasteiger partial charge in [-0.05, 0) is 98.3 Å². The number of nitrogens with zero attached hydrogens (tertiary/aromatic N) is 2. The number of aryl methyl sites for hydroxylation is 1. The van der Waals surface area contributed by atoms with Crippen molar-refractivity contribution in [2.45, 2.75) is 20.3 Å². The summed E-state index contributed by atoms with van der Waals surface area (Å²) < 4.78 is 15.1. The van der Waals surface area contributed by atoms with Gasteiger partial charge in [-0.15, -0.1) is 0 Å². The zero-order valence-electron chi connectivity index (χ0n) is 33.2. The van der Waals surface area contributed by atoms with E-state index in [-0.39, 0.29) is 0 Å². The zero-order chi connectivity index (χ0) is 40.7. The second-order valence-electron chi connectivity index (χ2n) is 13.4. The Morgan fingerprint density at radius 1 is 0.724 bits per heavy atom. The minimum atomic E-state index is 0.688. The lowest BCUT2D eigenvalue weighted by Crippen LogP contribution is -2.02. The van der Waals surface area contributed by atoms with Crippen LogP contribution in [0, 0.1) is 6.92 Å². The fraction of sp³-hybridized carbons (Fsp3) is 0.0556. The molecule has 0 radical (unpaired) electrons. The first kappa shape index (κ1) is 40.2. The van der Waals surface area contributed by atoms with Crippen LogP contribution in [0.1, 0.15) is 34.7 Å². The second-order valence-corrected chi connectivity index (χ2v) is 13.4. The lowest BCUT2D eigenvalue weighted by molar-refractivity contribution is 0.362. The Bertz CT molecular complexity index is 2660. The third-order valence-corrected chi connectivity index (χ3v) is 9.36. The van der Waals surface area contributed by atoms with E-state index in [1.807, 2.05) is 128 Å². The number of ether oxygens (including phenoxy) is 2. The van der Waals surface area contributed by atoms with Crippen molar-refractivity contribution in [1.82, 2.24) is 4.57 Å². The van der Waals surface area contributed by atoms with Gasteiger partial charge in [-0.3, -0.25) is 4.99 Å². The number of aliphatic imine (C=N–C) groups is 1. The summed E-state index contributed by atoms with van der Waals surface area (Å²) in [6.45, 7) is 19.4. The smallest absolute Gasteiger partial charge is 0.194 e. The summed E-state index contributed by atoms with van der Waals surface area (Å²) in [5.74, 6) is 2.79. The molecule has 6 aromatic rings. The topological polar surface area (TPSA) is 35.8 Å². The highest BCUT2D eigenvalue weighted by atomic mass is 16.6. The maximum absolute atomic E-state index is 6.57. The summed E-state index contributed by atoms with van der Waals surface area (Å²) >= 11 is 0. The molecule has 286 valence electrons. The van der Waals surface area contributed by atoms with Crippen molar-refractivity contribution in [3.8, 4) is 23.0 Å². The minimum absolute atomic E-state index is 0.688. The SMILES string of the molecule is C=C/C=C(\C=C/Cc1ccc(C)cc1)n1c2cc(C=C)cc(/C=C\C)c2c2ccc3c(c21)Oc1ccccc1O3.C=C/C=C/C=C\C=C/C=C(\N=C)c1ccccc1. The fourth-order valence-electron chi connectivity index (χ4n) is 6.66. The molecule has 1 aliphatic rings. The van der Waals surface area contributed by atoms with E-state index in [4.69, 9.17) is 9.47 Å². The van der Waals surface area contributed by atoms with Crippen molar-refractivity contribution in [2.75, 3.05) is 0 Å². The highest BCUT2D eigenvalue weighted by Gasteiger charge is 2.26. The molecule has 0 fully saturated rings. The van der Waals surface area contributed by atoms with Gasteiger partial charge in [0.2, 0.25) is 0 Å². The summed E-state index contributed by atoms with van der Waals surface area (Å²) in [5, 5.41) is 2.23. The first-order valence-corrected chi connectivity index (χ1v) is 19.2. The van der Waals surface area contributed by atoms with E-state index in [0.29, 0.717) is 23.0 Å². The number of benzene rings is 5. The summed E-state index contributed by atoms with van der Waals surface area (Å²) in [5.41, 5.74) is 9.59. The van der Waals surface area contributed by atoms with E-state index in [1.165, 1.54) is 11.1 Å². The van der Waals surface area contributed by atoms with Gasteiger partial charge in [-0.2, -0.15) is 0 Å². The van der Waals surface area contributed by atoms with Crippen LogP contribution in [0.5, 0.6) is 23.0 Å². The van der Waals surface area contributed by atoms with Crippen LogP contribution in [0.15, 0.2) is 207 Å².